The quantitative estimate of drug-likeness (QED) is 0.885. The Morgan fingerprint density at radius 1 is 1.37 bits per heavy atom. The zero-order valence-electron chi connectivity index (χ0n) is 10.5. The van der Waals surface area contributed by atoms with Gasteiger partial charge < -0.3 is 5.11 Å². The monoisotopic (exact) mass is 324 g/mol. The molecule has 2 aromatic rings. The number of aromatic hydroxyl groups is 1. The number of benzene rings is 1. The Balaban J connectivity index is 2.83. The van der Waals surface area contributed by atoms with E-state index in [-0.39, 0.29) is 11.4 Å². The molecule has 100 valence electrons. The highest BCUT2D eigenvalue weighted by Gasteiger charge is 2.14. The van der Waals surface area contributed by atoms with Crippen LogP contribution in [0.25, 0.3) is 5.69 Å². The van der Waals surface area contributed by atoms with Gasteiger partial charge in [-0.1, -0.05) is 22.9 Å². The molecule has 0 unspecified atom stereocenters. The number of rotatable bonds is 2. The van der Waals surface area contributed by atoms with Gasteiger partial charge in [0.1, 0.15) is 0 Å². The zero-order valence-corrected chi connectivity index (χ0v) is 12.1. The predicted molar refractivity (Wildman–Crippen MR) is 76.1 cm³/mol. The molecule has 0 bridgehead atoms. The molecule has 0 radical (unpaired) electrons. The second kappa shape index (κ2) is 5.05. The van der Waals surface area contributed by atoms with Crippen molar-refractivity contribution in [2.24, 2.45) is 0 Å². The van der Waals surface area contributed by atoms with Crippen LogP contribution in [-0.2, 0) is 6.42 Å². The van der Waals surface area contributed by atoms with Crippen LogP contribution in [0, 0.1) is 6.92 Å². The molecule has 0 aliphatic heterocycles. The first kappa shape index (κ1) is 13.6. The number of halogens is 1. The fraction of sp³-hybridized carbons (Fsp3) is 0.231. The van der Waals surface area contributed by atoms with E-state index in [1.54, 1.807) is 12.1 Å². The molecule has 1 heterocycles. The number of aromatic amines is 1. The van der Waals surface area contributed by atoms with E-state index >= 15 is 0 Å². The third-order valence-corrected chi connectivity index (χ3v) is 3.47. The topological polar surface area (TPSA) is 75.1 Å². The van der Waals surface area contributed by atoms with E-state index < -0.39 is 11.2 Å². The van der Waals surface area contributed by atoms with Crippen molar-refractivity contribution >= 4 is 15.9 Å². The largest absolute Gasteiger partial charge is 0.494 e. The van der Waals surface area contributed by atoms with Crippen molar-refractivity contribution in [1.29, 1.82) is 0 Å². The second-order valence-electron chi connectivity index (χ2n) is 4.17. The second-order valence-corrected chi connectivity index (χ2v) is 5.09. The van der Waals surface area contributed by atoms with Gasteiger partial charge in [0.15, 0.2) is 0 Å². The molecule has 0 aliphatic carbocycles. The van der Waals surface area contributed by atoms with Crippen LogP contribution < -0.4 is 11.2 Å². The number of nitrogens with one attached hydrogen (secondary N) is 1. The molecule has 0 aliphatic rings. The van der Waals surface area contributed by atoms with Crippen LogP contribution in [0.5, 0.6) is 5.88 Å². The SMILES string of the molecule is CCc1cc(Br)ccc1-n1c(O)c(C)c(=O)[nH]c1=O. The standard InChI is InChI=1S/C13H13BrN2O3/c1-3-8-6-9(14)4-5-10(8)16-12(18)7(2)11(17)15-13(16)19/h4-6,18H,3H2,1-2H3,(H,15,17,19). The molecule has 2 rings (SSSR count). The summed E-state index contributed by atoms with van der Waals surface area (Å²) in [5.41, 5.74) is 0.342. The van der Waals surface area contributed by atoms with Gasteiger partial charge >= 0.3 is 5.69 Å². The van der Waals surface area contributed by atoms with Crippen molar-refractivity contribution in [1.82, 2.24) is 9.55 Å². The Kier molecular flexibility index (Phi) is 3.61. The summed E-state index contributed by atoms with van der Waals surface area (Å²) in [4.78, 5) is 25.5. The maximum atomic E-state index is 11.9. The van der Waals surface area contributed by atoms with Crippen molar-refractivity contribution in [3.05, 3.63) is 54.6 Å². The van der Waals surface area contributed by atoms with Gasteiger partial charge in [0.2, 0.25) is 5.88 Å². The van der Waals surface area contributed by atoms with Gasteiger partial charge in [0.05, 0.1) is 11.3 Å². The summed E-state index contributed by atoms with van der Waals surface area (Å²) >= 11 is 3.37. The first-order chi connectivity index (χ1) is 8.95. The molecule has 0 saturated heterocycles. The van der Waals surface area contributed by atoms with Gasteiger partial charge in [-0.2, -0.15) is 0 Å². The third kappa shape index (κ3) is 2.35. The number of hydrogen-bond donors (Lipinski definition) is 2. The lowest BCUT2D eigenvalue weighted by atomic mass is 10.1. The summed E-state index contributed by atoms with van der Waals surface area (Å²) in [6, 6.07) is 5.38. The smallest absolute Gasteiger partial charge is 0.335 e. The van der Waals surface area contributed by atoms with E-state index in [2.05, 4.69) is 20.9 Å². The van der Waals surface area contributed by atoms with E-state index in [0.717, 1.165) is 14.6 Å². The van der Waals surface area contributed by atoms with Gasteiger partial charge in [-0.15, -0.1) is 0 Å². The minimum atomic E-state index is -0.648. The molecule has 6 heteroatoms. The number of hydrogen-bond acceptors (Lipinski definition) is 3. The zero-order chi connectivity index (χ0) is 14.2. The summed E-state index contributed by atoms with van der Waals surface area (Å²) in [6.07, 6.45) is 0.693. The minimum absolute atomic E-state index is 0.115. The average molecular weight is 325 g/mol. The number of aryl methyl sites for hydroxylation is 1. The van der Waals surface area contributed by atoms with Crippen LogP contribution in [-0.4, -0.2) is 14.7 Å². The minimum Gasteiger partial charge on any atom is -0.494 e. The van der Waals surface area contributed by atoms with Gasteiger partial charge in [-0.05, 0) is 37.1 Å². The van der Waals surface area contributed by atoms with Crippen LogP contribution in [0.1, 0.15) is 18.1 Å². The molecule has 0 fully saturated rings. The molecular weight excluding hydrogens is 312 g/mol. The van der Waals surface area contributed by atoms with Crippen molar-refractivity contribution in [2.45, 2.75) is 20.3 Å². The molecule has 19 heavy (non-hydrogen) atoms. The molecule has 1 aromatic carbocycles. The van der Waals surface area contributed by atoms with Gasteiger partial charge in [-0.3, -0.25) is 9.78 Å². The molecule has 1 aromatic heterocycles. The molecule has 0 atom stereocenters. The highest BCUT2D eigenvalue weighted by molar-refractivity contribution is 9.10. The van der Waals surface area contributed by atoms with Crippen molar-refractivity contribution in [3.63, 3.8) is 0 Å². The van der Waals surface area contributed by atoms with Crippen molar-refractivity contribution in [3.8, 4) is 11.6 Å². The van der Waals surface area contributed by atoms with Crippen LogP contribution >= 0.6 is 15.9 Å². The molecular formula is C13H13BrN2O3. The van der Waals surface area contributed by atoms with E-state index in [0.29, 0.717) is 12.1 Å². The Hall–Kier alpha value is -1.82. The Morgan fingerprint density at radius 3 is 2.68 bits per heavy atom. The first-order valence-corrected chi connectivity index (χ1v) is 6.58. The lowest BCUT2D eigenvalue weighted by molar-refractivity contribution is 0.425. The van der Waals surface area contributed by atoms with Crippen LogP contribution in [0.4, 0.5) is 0 Å². The Labute approximate surface area is 117 Å². The van der Waals surface area contributed by atoms with Gasteiger partial charge in [-0.25, -0.2) is 9.36 Å². The summed E-state index contributed by atoms with van der Waals surface area (Å²) in [5, 5.41) is 10.0. The molecule has 0 amide bonds. The summed E-state index contributed by atoms with van der Waals surface area (Å²) in [5.74, 6) is -0.328. The molecule has 5 nitrogen and oxygen atoms in total. The van der Waals surface area contributed by atoms with Crippen molar-refractivity contribution < 1.29 is 5.11 Å². The van der Waals surface area contributed by atoms with E-state index in [4.69, 9.17) is 0 Å². The van der Waals surface area contributed by atoms with E-state index in [9.17, 15) is 14.7 Å². The molecule has 2 N–H and O–H groups in total. The van der Waals surface area contributed by atoms with E-state index in [1.165, 1.54) is 6.92 Å². The van der Waals surface area contributed by atoms with E-state index in [1.807, 2.05) is 13.0 Å². The lowest BCUT2D eigenvalue weighted by Crippen LogP contribution is -2.30. The third-order valence-electron chi connectivity index (χ3n) is 2.97. The maximum Gasteiger partial charge on any atom is 0.335 e. The summed E-state index contributed by atoms with van der Waals surface area (Å²) in [7, 11) is 0. The van der Waals surface area contributed by atoms with Crippen molar-refractivity contribution in [2.75, 3.05) is 0 Å². The highest BCUT2D eigenvalue weighted by atomic mass is 79.9. The highest BCUT2D eigenvalue weighted by Crippen LogP contribution is 2.23. The van der Waals surface area contributed by atoms with Crippen LogP contribution in [0.3, 0.4) is 0 Å². The predicted octanol–water partition coefficient (Wildman–Crippen LogP) is 1.86. The van der Waals surface area contributed by atoms with Gasteiger partial charge in [0, 0.05) is 4.47 Å². The van der Waals surface area contributed by atoms with Crippen LogP contribution in [0.15, 0.2) is 32.3 Å². The number of H-pyrrole nitrogens is 1. The first-order valence-electron chi connectivity index (χ1n) is 5.79. The summed E-state index contributed by atoms with van der Waals surface area (Å²) < 4.78 is 2.00. The average Bonchev–Trinajstić information content (AvgIpc) is 2.37. The molecule has 0 saturated carbocycles. The lowest BCUT2D eigenvalue weighted by Gasteiger charge is -2.13. The Bertz CT molecular complexity index is 747. The van der Waals surface area contributed by atoms with Crippen LogP contribution in [0.2, 0.25) is 0 Å². The number of aromatic nitrogens is 2. The maximum absolute atomic E-state index is 11.9. The fourth-order valence-corrected chi connectivity index (χ4v) is 2.30. The van der Waals surface area contributed by atoms with Gasteiger partial charge in [0.25, 0.3) is 5.56 Å². The normalized spacial score (nSPS) is 10.7. The Morgan fingerprint density at radius 2 is 2.05 bits per heavy atom. The fourth-order valence-electron chi connectivity index (χ4n) is 1.89. The molecule has 0 spiro atoms. The number of nitrogens with zero attached hydrogens (tertiary/aromatic N) is 1. The summed E-state index contributed by atoms with van der Waals surface area (Å²) in [6.45, 7) is 3.42.